The minimum Gasteiger partial charge on any atom is -0.395 e. The molecule has 0 atom stereocenters. The molecule has 0 saturated heterocycles. The Hall–Kier alpha value is -0.940. The predicted molar refractivity (Wildman–Crippen MR) is 51.6 cm³/mol. The Morgan fingerprint density at radius 3 is 2.93 bits per heavy atom. The number of rotatable bonds is 7. The van der Waals surface area contributed by atoms with Gasteiger partial charge in [-0.1, -0.05) is 18.5 Å². The van der Waals surface area contributed by atoms with Crippen molar-refractivity contribution in [2.24, 2.45) is 0 Å². The zero-order valence-electron chi connectivity index (χ0n) is 8.52. The van der Waals surface area contributed by atoms with Gasteiger partial charge in [0, 0.05) is 6.54 Å². The Balaban J connectivity index is 2.34. The molecule has 80 valence electrons. The summed E-state index contributed by atoms with van der Waals surface area (Å²) in [6.45, 7) is 4.59. The second-order valence-electron chi connectivity index (χ2n) is 3.20. The van der Waals surface area contributed by atoms with Gasteiger partial charge in [-0.15, -0.1) is 0 Å². The number of aliphatic hydroxyl groups is 1. The van der Waals surface area contributed by atoms with E-state index in [1.54, 1.807) is 0 Å². The van der Waals surface area contributed by atoms with Crippen LogP contribution in [0.2, 0.25) is 0 Å². The van der Waals surface area contributed by atoms with Crippen molar-refractivity contribution >= 4 is 0 Å². The zero-order chi connectivity index (χ0) is 10.2. The summed E-state index contributed by atoms with van der Waals surface area (Å²) in [6, 6.07) is 0. The summed E-state index contributed by atoms with van der Waals surface area (Å²) in [5, 5.41) is 12.6. The van der Waals surface area contributed by atoms with Crippen LogP contribution in [0.1, 0.15) is 25.6 Å². The van der Waals surface area contributed by atoms with Gasteiger partial charge in [-0.05, 0) is 13.0 Å². The van der Waals surface area contributed by atoms with Gasteiger partial charge in [0.15, 0.2) is 5.82 Å². The third kappa shape index (κ3) is 3.85. The predicted octanol–water partition coefficient (Wildman–Crippen LogP) is 0.664. The summed E-state index contributed by atoms with van der Waals surface area (Å²) in [5.74, 6) is 0.676. The van der Waals surface area contributed by atoms with Crippen LogP contribution >= 0.6 is 0 Å². The molecule has 5 heteroatoms. The molecule has 0 radical (unpaired) electrons. The Morgan fingerprint density at radius 1 is 1.50 bits per heavy atom. The van der Waals surface area contributed by atoms with E-state index in [0.717, 1.165) is 19.4 Å². The van der Waals surface area contributed by atoms with Crippen molar-refractivity contribution in [3.05, 3.63) is 12.2 Å². The van der Waals surface area contributed by atoms with Crippen molar-refractivity contribution in [1.82, 2.24) is 15.0 Å². The van der Waals surface area contributed by atoms with Gasteiger partial charge in [0.05, 0.1) is 13.2 Å². The molecule has 1 N–H and O–H groups in total. The lowest BCUT2D eigenvalue weighted by Gasteiger charge is -2.18. The molecule has 0 spiro atoms. The number of hydrogen-bond donors (Lipinski definition) is 1. The molecule has 0 aromatic carbocycles. The van der Waals surface area contributed by atoms with Crippen molar-refractivity contribution in [2.45, 2.75) is 26.3 Å². The first-order valence-electron chi connectivity index (χ1n) is 4.95. The molecule has 0 fully saturated rings. The fraction of sp³-hybridized carbons (Fsp3) is 0.778. The maximum atomic E-state index is 8.86. The highest BCUT2D eigenvalue weighted by Crippen LogP contribution is 2.00. The number of hydrogen-bond acceptors (Lipinski definition) is 5. The van der Waals surface area contributed by atoms with Crippen LogP contribution in [0.4, 0.5) is 0 Å². The number of unbranched alkanes of at least 4 members (excludes halogenated alkanes) is 1. The van der Waals surface area contributed by atoms with Gasteiger partial charge >= 0.3 is 0 Å². The van der Waals surface area contributed by atoms with Crippen molar-refractivity contribution in [3.63, 3.8) is 0 Å². The van der Waals surface area contributed by atoms with Gasteiger partial charge in [-0.3, -0.25) is 4.90 Å². The summed E-state index contributed by atoms with van der Waals surface area (Å²) in [5.41, 5.74) is 0. The van der Waals surface area contributed by atoms with E-state index >= 15 is 0 Å². The van der Waals surface area contributed by atoms with Crippen molar-refractivity contribution in [1.29, 1.82) is 0 Å². The smallest absolute Gasteiger partial charge is 0.213 e. The topological polar surface area (TPSA) is 62.4 Å². The maximum Gasteiger partial charge on any atom is 0.213 e. The molecular formula is C9H17N3O2. The molecular weight excluding hydrogens is 182 g/mol. The molecule has 1 rings (SSSR count). The number of aromatic nitrogens is 2. The normalized spacial score (nSPS) is 11.1. The van der Waals surface area contributed by atoms with Crippen LogP contribution in [-0.2, 0) is 6.54 Å². The molecule has 0 amide bonds. The lowest BCUT2D eigenvalue weighted by molar-refractivity contribution is 0.184. The first-order valence-corrected chi connectivity index (χ1v) is 4.95. The van der Waals surface area contributed by atoms with Gasteiger partial charge in [0.25, 0.3) is 0 Å². The highest BCUT2D eigenvalue weighted by atomic mass is 16.5. The molecule has 0 unspecified atom stereocenters. The first kappa shape index (κ1) is 11.1. The monoisotopic (exact) mass is 199 g/mol. The molecule has 1 heterocycles. The van der Waals surface area contributed by atoms with E-state index in [4.69, 9.17) is 5.11 Å². The fourth-order valence-electron chi connectivity index (χ4n) is 1.26. The van der Waals surface area contributed by atoms with Crippen molar-refractivity contribution in [3.8, 4) is 0 Å². The van der Waals surface area contributed by atoms with Crippen LogP contribution in [0, 0.1) is 0 Å². The SMILES string of the molecule is CCCCN(CCO)Cc1ncon1. The van der Waals surface area contributed by atoms with Crippen molar-refractivity contribution < 1.29 is 9.63 Å². The van der Waals surface area contributed by atoms with Gasteiger partial charge in [0.1, 0.15) is 0 Å². The lowest BCUT2D eigenvalue weighted by Crippen LogP contribution is -2.28. The minimum absolute atomic E-state index is 0.168. The third-order valence-electron chi connectivity index (χ3n) is 2.02. The Morgan fingerprint density at radius 2 is 2.36 bits per heavy atom. The van der Waals surface area contributed by atoms with Gasteiger partial charge in [0.2, 0.25) is 6.39 Å². The molecule has 0 aliphatic heterocycles. The van der Waals surface area contributed by atoms with E-state index in [9.17, 15) is 0 Å². The molecule has 0 bridgehead atoms. The molecule has 5 nitrogen and oxygen atoms in total. The molecule has 0 saturated carbocycles. The van der Waals surface area contributed by atoms with E-state index in [1.807, 2.05) is 0 Å². The van der Waals surface area contributed by atoms with Gasteiger partial charge in [-0.2, -0.15) is 4.98 Å². The van der Waals surface area contributed by atoms with E-state index in [0.29, 0.717) is 18.9 Å². The quantitative estimate of drug-likeness (QED) is 0.699. The molecule has 0 aliphatic carbocycles. The van der Waals surface area contributed by atoms with E-state index in [1.165, 1.54) is 6.39 Å². The lowest BCUT2D eigenvalue weighted by atomic mass is 10.3. The highest BCUT2D eigenvalue weighted by Gasteiger charge is 2.07. The Kier molecular flexibility index (Phi) is 5.17. The summed E-state index contributed by atoms with van der Waals surface area (Å²) >= 11 is 0. The van der Waals surface area contributed by atoms with E-state index in [-0.39, 0.29) is 6.61 Å². The first-order chi connectivity index (χ1) is 6.86. The maximum absolute atomic E-state index is 8.86. The highest BCUT2D eigenvalue weighted by molar-refractivity contribution is 4.77. The van der Waals surface area contributed by atoms with Crippen LogP contribution < -0.4 is 0 Å². The van der Waals surface area contributed by atoms with Crippen molar-refractivity contribution in [2.75, 3.05) is 19.7 Å². The second-order valence-corrected chi connectivity index (χ2v) is 3.20. The fourth-order valence-corrected chi connectivity index (χ4v) is 1.26. The van der Waals surface area contributed by atoms with Crippen LogP contribution in [0.15, 0.2) is 10.9 Å². The zero-order valence-corrected chi connectivity index (χ0v) is 8.52. The largest absolute Gasteiger partial charge is 0.395 e. The van der Waals surface area contributed by atoms with Gasteiger partial charge in [-0.25, -0.2) is 0 Å². The van der Waals surface area contributed by atoms with Crippen LogP contribution in [-0.4, -0.2) is 39.8 Å². The third-order valence-corrected chi connectivity index (χ3v) is 2.02. The number of aliphatic hydroxyl groups excluding tert-OH is 1. The summed E-state index contributed by atoms with van der Waals surface area (Å²) in [6.07, 6.45) is 3.60. The van der Waals surface area contributed by atoms with Crippen LogP contribution in [0.3, 0.4) is 0 Å². The standard InChI is InChI=1S/C9H17N3O2/c1-2-3-4-12(5-6-13)7-9-10-8-14-11-9/h8,13H,2-7H2,1H3. The van der Waals surface area contributed by atoms with Crippen LogP contribution in [0.5, 0.6) is 0 Å². The van der Waals surface area contributed by atoms with Gasteiger partial charge < -0.3 is 9.63 Å². The second kappa shape index (κ2) is 6.50. The molecule has 1 aromatic heterocycles. The van der Waals surface area contributed by atoms with E-state index < -0.39 is 0 Å². The molecule has 0 aliphatic rings. The number of nitrogens with zero attached hydrogens (tertiary/aromatic N) is 3. The van der Waals surface area contributed by atoms with Crippen LogP contribution in [0.25, 0.3) is 0 Å². The summed E-state index contributed by atoms with van der Waals surface area (Å²) in [7, 11) is 0. The minimum atomic E-state index is 0.168. The molecule has 14 heavy (non-hydrogen) atoms. The molecule has 1 aromatic rings. The summed E-state index contributed by atoms with van der Waals surface area (Å²) < 4.78 is 4.65. The summed E-state index contributed by atoms with van der Waals surface area (Å²) in [4.78, 5) is 6.06. The Labute approximate surface area is 83.7 Å². The van der Waals surface area contributed by atoms with E-state index in [2.05, 4.69) is 26.5 Å². The average Bonchev–Trinajstić information content (AvgIpc) is 2.67. The average molecular weight is 199 g/mol. The Bertz CT molecular complexity index is 226.